The third-order valence-corrected chi connectivity index (χ3v) is 2.22. The molecule has 0 bridgehead atoms. The zero-order valence-electron chi connectivity index (χ0n) is 8.91. The number of aromatic nitrogens is 1. The van der Waals surface area contributed by atoms with Gasteiger partial charge < -0.3 is 0 Å². The summed E-state index contributed by atoms with van der Waals surface area (Å²) in [5, 5.41) is 0. The number of carbonyl (C=O) groups is 1. The lowest BCUT2D eigenvalue weighted by Gasteiger charge is -2.13. The van der Waals surface area contributed by atoms with Crippen LogP contribution in [0.3, 0.4) is 0 Å². The molecule has 4 heteroatoms. The Balaban J connectivity index is 2.32. The second-order valence-corrected chi connectivity index (χ2v) is 3.31. The highest BCUT2D eigenvalue weighted by molar-refractivity contribution is 6.15. The molecule has 0 aliphatic carbocycles. The summed E-state index contributed by atoms with van der Waals surface area (Å²) in [6.07, 6.45) is 4.60. The van der Waals surface area contributed by atoms with Gasteiger partial charge in [-0.2, -0.15) is 0 Å². The Kier molecular flexibility index (Phi) is 3.25. The number of hydrogen-bond acceptors (Lipinski definition) is 3. The average Bonchev–Trinajstić information content (AvgIpc) is 2.42. The van der Waals surface area contributed by atoms with Gasteiger partial charge >= 0.3 is 6.41 Å². The first-order chi connectivity index (χ1) is 8.33. The number of para-hydroxylation sites is 1. The van der Waals surface area contributed by atoms with E-state index in [4.69, 9.17) is 0 Å². The normalized spacial score (nSPS) is 9.65. The van der Waals surface area contributed by atoms with Crippen molar-refractivity contribution >= 4 is 18.0 Å². The minimum Gasteiger partial charge on any atom is -0.268 e. The van der Waals surface area contributed by atoms with Crippen molar-refractivity contribution in [3.63, 3.8) is 0 Å². The molecule has 83 valence electrons. The van der Waals surface area contributed by atoms with Crippen LogP contribution >= 0.6 is 0 Å². The molecule has 2 rings (SSSR count). The molecule has 0 fully saturated rings. The molecule has 17 heavy (non-hydrogen) atoms. The fourth-order valence-corrected chi connectivity index (χ4v) is 1.41. The summed E-state index contributed by atoms with van der Waals surface area (Å²) in [7, 11) is 0. The Morgan fingerprint density at radius 2 is 1.88 bits per heavy atom. The predicted octanol–water partition coefficient (Wildman–Crippen LogP) is 1.80. The third kappa shape index (κ3) is 2.36. The molecule has 1 heterocycles. The molecule has 1 radical (unpaired) electrons. The summed E-state index contributed by atoms with van der Waals surface area (Å²) in [6, 6.07) is 11.9. The molecule has 0 saturated heterocycles. The van der Waals surface area contributed by atoms with Crippen LogP contribution in [0.2, 0.25) is 0 Å². The Morgan fingerprint density at radius 3 is 2.47 bits per heavy atom. The maximum absolute atomic E-state index is 12.0. The molecule has 0 aliphatic heterocycles. The standard InChI is InChI=1S/C13H9N2O2/c16-10-15(12-6-2-1-3-7-12)13(17)11-5-4-8-14-9-11/h1-9H. The van der Waals surface area contributed by atoms with Crippen molar-refractivity contribution in [1.82, 2.24) is 4.98 Å². The van der Waals surface area contributed by atoms with Gasteiger partial charge in [0.15, 0.2) is 0 Å². The summed E-state index contributed by atoms with van der Waals surface area (Å²) >= 11 is 0. The first-order valence-electron chi connectivity index (χ1n) is 5.00. The smallest absolute Gasteiger partial charge is 0.268 e. The van der Waals surface area contributed by atoms with Gasteiger partial charge in [-0.1, -0.05) is 18.2 Å². The number of carbonyl (C=O) groups excluding carboxylic acids is 2. The van der Waals surface area contributed by atoms with Crippen molar-refractivity contribution in [2.24, 2.45) is 0 Å². The minimum absolute atomic E-state index is 0.347. The number of anilines is 1. The molecular weight excluding hydrogens is 216 g/mol. The Labute approximate surface area is 98.5 Å². The molecule has 0 N–H and O–H groups in total. The number of nitrogens with zero attached hydrogens (tertiary/aromatic N) is 2. The van der Waals surface area contributed by atoms with Gasteiger partial charge in [-0.05, 0) is 24.3 Å². The Hall–Kier alpha value is -2.49. The summed E-state index contributed by atoms with van der Waals surface area (Å²) in [6.45, 7) is 0. The molecule has 2 amide bonds. The van der Waals surface area contributed by atoms with E-state index < -0.39 is 5.91 Å². The minimum atomic E-state index is -0.445. The first kappa shape index (κ1) is 11.0. The van der Waals surface area contributed by atoms with Crippen molar-refractivity contribution < 1.29 is 9.59 Å². The van der Waals surface area contributed by atoms with Gasteiger partial charge in [0.1, 0.15) is 0 Å². The van der Waals surface area contributed by atoms with Crippen LogP contribution in [0.5, 0.6) is 0 Å². The lowest BCUT2D eigenvalue weighted by atomic mass is 10.2. The van der Waals surface area contributed by atoms with E-state index in [9.17, 15) is 9.59 Å². The summed E-state index contributed by atoms with van der Waals surface area (Å²) in [4.78, 5) is 27.6. The van der Waals surface area contributed by atoms with Crippen LogP contribution in [0, 0.1) is 0 Å². The van der Waals surface area contributed by atoms with Gasteiger partial charge in [0.25, 0.3) is 5.91 Å². The van der Waals surface area contributed by atoms with E-state index in [1.165, 1.54) is 6.20 Å². The van der Waals surface area contributed by atoms with E-state index in [1.807, 2.05) is 0 Å². The van der Waals surface area contributed by atoms with E-state index in [1.54, 1.807) is 55.1 Å². The lowest BCUT2D eigenvalue weighted by molar-refractivity contribution is 0.100. The fourth-order valence-electron chi connectivity index (χ4n) is 1.41. The predicted molar refractivity (Wildman–Crippen MR) is 63.2 cm³/mol. The molecule has 0 spiro atoms. The maximum Gasteiger partial charge on any atom is 0.324 e. The van der Waals surface area contributed by atoms with Crippen LogP contribution in [0.4, 0.5) is 5.69 Å². The highest BCUT2D eigenvalue weighted by atomic mass is 16.2. The van der Waals surface area contributed by atoms with Gasteiger partial charge in [0, 0.05) is 12.4 Å². The second-order valence-electron chi connectivity index (χ2n) is 3.31. The van der Waals surface area contributed by atoms with Crippen molar-refractivity contribution in [2.75, 3.05) is 4.90 Å². The van der Waals surface area contributed by atoms with Crippen molar-refractivity contribution in [2.45, 2.75) is 0 Å². The number of hydrogen-bond donors (Lipinski definition) is 0. The third-order valence-electron chi connectivity index (χ3n) is 2.22. The van der Waals surface area contributed by atoms with E-state index in [0.717, 1.165) is 4.90 Å². The van der Waals surface area contributed by atoms with Gasteiger partial charge in [0.2, 0.25) is 0 Å². The molecule has 1 aromatic heterocycles. The van der Waals surface area contributed by atoms with Gasteiger partial charge in [-0.25, -0.2) is 4.90 Å². The van der Waals surface area contributed by atoms with E-state index >= 15 is 0 Å². The number of pyridine rings is 1. The maximum atomic E-state index is 12.0. The van der Waals surface area contributed by atoms with Crippen LogP contribution in [-0.4, -0.2) is 17.3 Å². The molecule has 2 aromatic rings. The number of amides is 2. The second kappa shape index (κ2) is 5.03. The average molecular weight is 225 g/mol. The monoisotopic (exact) mass is 225 g/mol. The number of imide groups is 1. The molecule has 0 unspecified atom stereocenters. The fraction of sp³-hybridized carbons (Fsp3) is 0. The Bertz CT molecular complexity index is 511. The van der Waals surface area contributed by atoms with E-state index in [-0.39, 0.29) is 0 Å². The summed E-state index contributed by atoms with van der Waals surface area (Å²) in [5.74, 6) is -0.445. The van der Waals surface area contributed by atoms with Crippen molar-refractivity contribution in [1.29, 1.82) is 0 Å². The molecule has 0 aliphatic rings. The van der Waals surface area contributed by atoms with Gasteiger partial charge in [0.05, 0.1) is 11.3 Å². The van der Waals surface area contributed by atoms with Crippen LogP contribution in [0.25, 0.3) is 0 Å². The zero-order valence-corrected chi connectivity index (χ0v) is 8.91. The molecule has 4 nitrogen and oxygen atoms in total. The molecule has 1 aromatic carbocycles. The number of rotatable bonds is 3. The van der Waals surface area contributed by atoms with E-state index in [2.05, 4.69) is 4.98 Å². The van der Waals surface area contributed by atoms with Crippen molar-refractivity contribution in [3.8, 4) is 0 Å². The lowest BCUT2D eigenvalue weighted by Crippen LogP contribution is -2.29. The molecule has 0 saturated carbocycles. The highest BCUT2D eigenvalue weighted by Crippen LogP contribution is 2.14. The summed E-state index contributed by atoms with van der Waals surface area (Å²) < 4.78 is 0. The van der Waals surface area contributed by atoms with E-state index in [0.29, 0.717) is 11.3 Å². The SMILES string of the molecule is O=[C]N(C(=O)c1cccnc1)c1ccccc1. The number of benzene rings is 1. The quantitative estimate of drug-likeness (QED) is 0.748. The van der Waals surface area contributed by atoms with Gasteiger partial charge in [-0.3, -0.25) is 14.6 Å². The largest absolute Gasteiger partial charge is 0.324 e. The Morgan fingerprint density at radius 1 is 1.12 bits per heavy atom. The molecule has 0 atom stereocenters. The van der Waals surface area contributed by atoms with Crippen molar-refractivity contribution in [3.05, 3.63) is 60.4 Å². The highest BCUT2D eigenvalue weighted by Gasteiger charge is 2.17. The topological polar surface area (TPSA) is 50.3 Å². The van der Waals surface area contributed by atoms with Gasteiger partial charge in [-0.15, -0.1) is 0 Å². The van der Waals surface area contributed by atoms with Crippen LogP contribution < -0.4 is 4.90 Å². The van der Waals surface area contributed by atoms with Crippen LogP contribution in [0.15, 0.2) is 54.9 Å². The summed E-state index contributed by atoms with van der Waals surface area (Å²) in [5.41, 5.74) is 0.830. The van der Waals surface area contributed by atoms with Crippen LogP contribution in [0.1, 0.15) is 10.4 Å². The zero-order chi connectivity index (χ0) is 12.1. The van der Waals surface area contributed by atoms with Crippen LogP contribution in [-0.2, 0) is 4.79 Å². The molecular formula is C13H9N2O2. The first-order valence-corrected chi connectivity index (χ1v) is 5.00.